The predicted molar refractivity (Wildman–Crippen MR) is 71.3 cm³/mol. The molecule has 0 N–H and O–H groups in total. The van der Waals surface area contributed by atoms with E-state index < -0.39 is 15.9 Å². The topological polar surface area (TPSA) is 69.6 Å². The van der Waals surface area contributed by atoms with Gasteiger partial charge in [-0.25, -0.2) is 0 Å². The van der Waals surface area contributed by atoms with Crippen molar-refractivity contribution >= 4 is 15.9 Å². The molecule has 0 aromatic heterocycles. The van der Waals surface area contributed by atoms with Crippen LogP contribution in [0, 0.1) is 6.92 Å². The van der Waals surface area contributed by atoms with Crippen LogP contribution in [0.2, 0.25) is 0 Å². The maximum absolute atomic E-state index is 11.9. The Morgan fingerprint density at radius 3 is 2.16 bits per heavy atom. The lowest BCUT2D eigenvalue weighted by atomic mass is 10.1. The smallest absolute Gasteiger partial charge is 0.281 e. The van der Waals surface area contributed by atoms with Crippen molar-refractivity contribution in [1.29, 1.82) is 0 Å². The molecule has 0 spiro atoms. The van der Waals surface area contributed by atoms with Gasteiger partial charge in [0.2, 0.25) is 0 Å². The van der Waals surface area contributed by atoms with Crippen LogP contribution in [0.25, 0.3) is 0 Å². The standard InChI is InChI=1S/C14H13NO3S/c1-11-7-9-12(10-8-11)14(16)15-19(17,18)13-5-3-2-4-6-13/h2-10H,1H3,(H,15,16)/p-1. The summed E-state index contributed by atoms with van der Waals surface area (Å²) in [6.07, 6.45) is 0. The highest BCUT2D eigenvalue weighted by molar-refractivity contribution is 7.90. The van der Waals surface area contributed by atoms with E-state index in [2.05, 4.69) is 4.40 Å². The number of hydrogen-bond donors (Lipinski definition) is 0. The first-order valence-corrected chi connectivity index (χ1v) is 7.07. The van der Waals surface area contributed by atoms with Gasteiger partial charge in [0.25, 0.3) is 10.0 Å². The molecule has 0 aliphatic rings. The number of sulfonamides is 1. The molecular formula is C14H12NO3S-. The number of rotatable bonds is 3. The molecule has 4 nitrogen and oxygen atoms in total. The van der Waals surface area contributed by atoms with Gasteiger partial charge < -0.3 is 5.11 Å². The van der Waals surface area contributed by atoms with Crippen molar-refractivity contribution in [2.24, 2.45) is 4.40 Å². The summed E-state index contributed by atoms with van der Waals surface area (Å²) in [7, 11) is -3.94. The first-order chi connectivity index (χ1) is 8.99. The minimum atomic E-state index is -3.94. The van der Waals surface area contributed by atoms with Gasteiger partial charge in [-0.3, -0.25) is 0 Å². The summed E-state index contributed by atoms with van der Waals surface area (Å²) in [5.74, 6) is -0.760. The minimum absolute atomic E-state index is 0.00969. The van der Waals surface area contributed by atoms with Crippen LogP contribution < -0.4 is 5.11 Å². The van der Waals surface area contributed by atoms with Gasteiger partial charge in [0, 0.05) is 5.90 Å². The zero-order valence-corrected chi connectivity index (χ0v) is 11.1. The third-order valence-corrected chi connectivity index (χ3v) is 3.82. The Bertz CT molecular complexity index is 689. The summed E-state index contributed by atoms with van der Waals surface area (Å²) in [5, 5.41) is 11.8. The molecule has 98 valence electrons. The zero-order chi connectivity index (χ0) is 13.9. The van der Waals surface area contributed by atoms with Crippen LogP contribution in [-0.2, 0) is 10.0 Å². The van der Waals surface area contributed by atoms with Crippen molar-refractivity contribution in [2.75, 3.05) is 0 Å². The summed E-state index contributed by atoms with van der Waals surface area (Å²) >= 11 is 0. The van der Waals surface area contributed by atoms with Crippen LogP contribution >= 0.6 is 0 Å². The van der Waals surface area contributed by atoms with Crippen molar-refractivity contribution in [1.82, 2.24) is 0 Å². The van der Waals surface area contributed by atoms with E-state index in [4.69, 9.17) is 0 Å². The molecule has 0 atom stereocenters. The molecule has 0 amide bonds. The zero-order valence-electron chi connectivity index (χ0n) is 10.3. The Hall–Kier alpha value is -2.14. The van der Waals surface area contributed by atoms with E-state index in [0.717, 1.165) is 5.56 Å². The fraction of sp³-hybridized carbons (Fsp3) is 0.0714. The average molecular weight is 274 g/mol. The van der Waals surface area contributed by atoms with Gasteiger partial charge in [-0.15, -0.1) is 0 Å². The first kappa shape index (κ1) is 13.3. The number of aryl methyl sites for hydroxylation is 1. The Kier molecular flexibility index (Phi) is 3.66. The van der Waals surface area contributed by atoms with Crippen LogP contribution in [0.4, 0.5) is 0 Å². The second-order valence-electron chi connectivity index (χ2n) is 4.05. The maximum Gasteiger partial charge on any atom is 0.281 e. The van der Waals surface area contributed by atoms with E-state index in [1.807, 2.05) is 6.92 Å². The Morgan fingerprint density at radius 1 is 1.00 bits per heavy atom. The van der Waals surface area contributed by atoms with Crippen LogP contribution in [0.3, 0.4) is 0 Å². The molecule has 2 aromatic rings. The van der Waals surface area contributed by atoms with E-state index in [9.17, 15) is 13.5 Å². The molecule has 0 bridgehead atoms. The van der Waals surface area contributed by atoms with Gasteiger partial charge in [-0.05, 0) is 24.6 Å². The lowest BCUT2D eigenvalue weighted by Crippen LogP contribution is -2.20. The molecule has 0 saturated carbocycles. The quantitative estimate of drug-likeness (QED) is 0.629. The highest BCUT2D eigenvalue weighted by atomic mass is 32.2. The molecule has 19 heavy (non-hydrogen) atoms. The molecule has 0 aliphatic carbocycles. The third-order valence-electron chi connectivity index (χ3n) is 2.54. The number of hydrogen-bond acceptors (Lipinski definition) is 3. The lowest BCUT2D eigenvalue weighted by molar-refractivity contribution is -0.212. The van der Waals surface area contributed by atoms with Gasteiger partial charge in [-0.2, -0.15) is 12.8 Å². The second kappa shape index (κ2) is 5.24. The van der Waals surface area contributed by atoms with Crippen LogP contribution in [0.5, 0.6) is 0 Å². The molecule has 0 unspecified atom stereocenters. The molecule has 0 aliphatic heterocycles. The monoisotopic (exact) mass is 274 g/mol. The first-order valence-electron chi connectivity index (χ1n) is 5.63. The molecule has 2 rings (SSSR count). The highest BCUT2D eigenvalue weighted by Crippen LogP contribution is 2.12. The molecule has 0 saturated heterocycles. The SMILES string of the molecule is Cc1ccc(C([O-])=NS(=O)(=O)c2ccccc2)cc1. The lowest BCUT2D eigenvalue weighted by Gasteiger charge is -2.10. The Balaban J connectivity index is 2.38. The van der Waals surface area contributed by atoms with E-state index in [1.54, 1.807) is 42.5 Å². The molecular weight excluding hydrogens is 262 g/mol. The van der Waals surface area contributed by atoms with Crippen molar-refractivity contribution in [2.45, 2.75) is 11.8 Å². The van der Waals surface area contributed by atoms with Crippen molar-refractivity contribution in [3.05, 3.63) is 65.7 Å². The van der Waals surface area contributed by atoms with Gasteiger partial charge in [0.05, 0.1) is 4.90 Å². The van der Waals surface area contributed by atoms with Gasteiger partial charge in [0.1, 0.15) is 0 Å². The second-order valence-corrected chi connectivity index (χ2v) is 5.65. The largest absolute Gasteiger partial charge is 0.858 e. The Morgan fingerprint density at radius 2 is 1.58 bits per heavy atom. The summed E-state index contributed by atoms with van der Waals surface area (Å²) in [5.41, 5.74) is 1.24. The fourth-order valence-electron chi connectivity index (χ4n) is 1.50. The van der Waals surface area contributed by atoms with Crippen molar-refractivity contribution in [3.63, 3.8) is 0 Å². The number of benzene rings is 2. The van der Waals surface area contributed by atoms with E-state index >= 15 is 0 Å². The van der Waals surface area contributed by atoms with E-state index in [-0.39, 0.29) is 10.5 Å². The predicted octanol–water partition coefficient (Wildman–Crippen LogP) is 1.49. The van der Waals surface area contributed by atoms with Crippen molar-refractivity contribution in [3.8, 4) is 0 Å². The normalized spacial score (nSPS) is 12.4. The van der Waals surface area contributed by atoms with E-state index in [0.29, 0.717) is 0 Å². The third kappa shape index (κ3) is 3.20. The molecule has 5 heteroatoms. The molecule has 0 heterocycles. The van der Waals surface area contributed by atoms with Gasteiger partial charge >= 0.3 is 0 Å². The van der Waals surface area contributed by atoms with Crippen LogP contribution in [-0.4, -0.2) is 14.3 Å². The van der Waals surface area contributed by atoms with Crippen LogP contribution in [0.15, 0.2) is 63.9 Å². The van der Waals surface area contributed by atoms with Gasteiger partial charge in [0.15, 0.2) is 0 Å². The summed E-state index contributed by atoms with van der Waals surface area (Å²) in [4.78, 5) is 0.00969. The van der Waals surface area contributed by atoms with Crippen molar-refractivity contribution < 1.29 is 13.5 Å². The van der Waals surface area contributed by atoms with E-state index in [1.165, 1.54) is 12.1 Å². The van der Waals surface area contributed by atoms with Gasteiger partial charge in [-0.1, -0.05) is 48.0 Å². The summed E-state index contributed by atoms with van der Waals surface area (Å²) in [6.45, 7) is 1.88. The Labute approximate surface area is 112 Å². The maximum atomic E-state index is 11.9. The molecule has 0 radical (unpaired) electrons. The minimum Gasteiger partial charge on any atom is -0.858 e. The summed E-state index contributed by atoms with van der Waals surface area (Å²) < 4.78 is 27.1. The molecule has 2 aromatic carbocycles. The fourth-order valence-corrected chi connectivity index (χ4v) is 2.43. The summed E-state index contributed by atoms with van der Waals surface area (Å²) in [6, 6.07) is 14.2. The number of nitrogens with zero attached hydrogens (tertiary/aromatic N) is 1. The highest BCUT2D eigenvalue weighted by Gasteiger charge is 2.11. The molecule has 0 fully saturated rings. The van der Waals surface area contributed by atoms with Crippen LogP contribution in [0.1, 0.15) is 11.1 Å². The average Bonchev–Trinajstić information content (AvgIpc) is 2.40.